The smallest absolute Gasteiger partial charge is 0.266 e. The third-order valence-corrected chi connectivity index (χ3v) is 5.95. The lowest BCUT2D eigenvalue weighted by Crippen LogP contribution is -2.12. The molecular formula is C22H16FN3O3S. The third kappa shape index (κ3) is 3.16. The summed E-state index contributed by atoms with van der Waals surface area (Å²) >= 11 is 1.25. The predicted molar refractivity (Wildman–Crippen MR) is 114 cm³/mol. The number of amides is 1. The fourth-order valence-corrected chi connectivity index (χ4v) is 4.56. The zero-order valence-corrected chi connectivity index (χ0v) is 16.7. The molecular weight excluding hydrogens is 405 g/mol. The molecule has 0 saturated heterocycles. The van der Waals surface area contributed by atoms with Gasteiger partial charge in [0.15, 0.2) is 11.6 Å². The van der Waals surface area contributed by atoms with Crippen molar-refractivity contribution in [1.29, 1.82) is 0 Å². The number of carbonyl (C=O) groups excluding carboxylic acids is 1. The van der Waals surface area contributed by atoms with Gasteiger partial charge in [0.25, 0.3) is 5.91 Å². The molecule has 1 amide bonds. The Labute approximate surface area is 174 Å². The Morgan fingerprint density at radius 3 is 2.97 bits per heavy atom. The summed E-state index contributed by atoms with van der Waals surface area (Å²) < 4.78 is 25.7. The number of thiophene rings is 1. The lowest BCUT2D eigenvalue weighted by molar-refractivity contribution is 0.102. The highest BCUT2D eigenvalue weighted by Crippen LogP contribution is 2.34. The standard InChI is InChI=1S/C22H16FN3O3S/c1-28-11-13-19-14(23)4-2-6-18(19)30-20(13)22(27)24-12-7-8-15-16(10-12)26-21(25-15)17-5-3-9-29-17/h2-10H,11H2,1H3,(H,24,27)(H,25,26). The molecule has 5 rings (SSSR count). The van der Waals surface area contributed by atoms with Gasteiger partial charge < -0.3 is 19.5 Å². The summed E-state index contributed by atoms with van der Waals surface area (Å²) in [6.45, 7) is 0.149. The topological polar surface area (TPSA) is 80.2 Å². The molecule has 0 bridgehead atoms. The molecule has 0 aliphatic rings. The first-order valence-corrected chi connectivity index (χ1v) is 9.99. The van der Waals surface area contributed by atoms with Crippen LogP contribution < -0.4 is 5.32 Å². The highest BCUT2D eigenvalue weighted by molar-refractivity contribution is 7.21. The van der Waals surface area contributed by atoms with Gasteiger partial charge in [-0.25, -0.2) is 9.37 Å². The number of hydrogen-bond donors (Lipinski definition) is 2. The van der Waals surface area contributed by atoms with E-state index in [2.05, 4.69) is 15.3 Å². The van der Waals surface area contributed by atoms with Gasteiger partial charge in [0.2, 0.25) is 0 Å². The fourth-order valence-electron chi connectivity index (χ4n) is 3.44. The number of anilines is 1. The first-order chi connectivity index (χ1) is 14.6. The van der Waals surface area contributed by atoms with Crippen molar-refractivity contribution in [2.45, 2.75) is 6.61 Å². The number of nitrogens with one attached hydrogen (secondary N) is 2. The molecule has 8 heteroatoms. The number of nitrogens with zero attached hydrogens (tertiary/aromatic N) is 1. The van der Waals surface area contributed by atoms with Gasteiger partial charge in [0, 0.05) is 28.4 Å². The van der Waals surface area contributed by atoms with E-state index in [1.807, 2.05) is 12.1 Å². The van der Waals surface area contributed by atoms with Gasteiger partial charge in [-0.2, -0.15) is 0 Å². The van der Waals surface area contributed by atoms with Gasteiger partial charge in [-0.1, -0.05) is 6.07 Å². The van der Waals surface area contributed by atoms with E-state index in [1.165, 1.54) is 24.5 Å². The second kappa shape index (κ2) is 7.40. The minimum atomic E-state index is -0.362. The maximum atomic E-state index is 14.4. The molecule has 2 aromatic carbocycles. The Kier molecular flexibility index (Phi) is 4.57. The SMILES string of the molecule is COCc1c(C(=O)Nc2ccc3nc(-c4ccco4)[nH]c3c2)sc2cccc(F)c12. The van der Waals surface area contributed by atoms with Crippen molar-refractivity contribution in [3.05, 3.63) is 71.1 Å². The second-order valence-corrected chi connectivity index (χ2v) is 7.76. The molecule has 0 atom stereocenters. The van der Waals surface area contributed by atoms with Crippen molar-refractivity contribution in [1.82, 2.24) is 9.97 Å². The summed E-state index contributed by atoms with van der Waals surface area (Å²) in [7, 11) is 1.52. The molecule has 2 N–H and O–H groups in total. The van der Waals surface area contributed by atoms with Gasteiger partial charge in [-0.15, -0.1) is 11.3 Å². The maximum Gasteiger partial charge on any atom is 0.266 e. The van der Waals surface area contributed by atoms with Crippen molar-refractivity contribution < 1.29 is 18.3 Å². The highest BCUT2D eigenvalue weighted by atomic mass is 32.1. The summed E-state index contributed by atoms with van der Waals surface area (Å²) in [6.07, 6.45) is 1.58. The number of furan rings is 1. The Bertz CT molecular complexity index is 1370. The van der Waals surface area contributed by atoms with Crippen molar-refractivity contribution in [2.75, 3.05) is 12.4 Å². The largest absolute Gasteiger partial charge is 0.461 e. The van der Waals surface area contributed by atoms with Crippen LogP contribution in [0.3, 0.4) is 0 Å². The quantitative estimate of drug-likeness (QED) is 0.388. The number of halogens is 1. The number of H-pyrrole nitrogens is 1. The Hall–Kier alpha value is -3.49. The second-order valence-electron chi connectivity index (χ2n) is 6.70. The number of carbonyl (C=O) groups is 1. The van der Waals surface area contributed by atoms with E-state index in [1.54, 1.807) is 36.6 Å². The van der Waals surface area contributed by atoms with Crippen LogP contribution in [0.4, 0.5) is 10.1 Å². The van der Waals surface area contributed by atoms with Gasteiger partial charge in [0.1, 0.15) is 5.82 Å². The van der Waals surface area contributed by atoms with E-state index >= 15 is 0 Å². The Morgan fingerprint density at radius 2 is 2.17 bits per heavy atom. The van der Waals surface area contributed by atoms with Crippen molar-refractivity contribution >= 4 is 44.1 Å². The minimum Gasteiger partial charge on any atom is -0.461 e. The lowest BCUT2D eigenvalue weighted by atomic mass is 10.1. The minimum absolute atomic E-state index is 0.149. The normalized spacial score (nSPS) is 11.4. The van der Waals surface area contributed by atoms with E-state index < -0.39 is 0 Å². The van der Waals surface area contributed by atoms with E-state index in [9.17, 15) is 9.18 Å². The summed E-state index contributed by atoms with van der Waals surface area (Å²) in [5.74, 6) is 0.570. The fraction of sp³-hybridized carbons (Fsp3) is 0.0909. The van der Waals surface area contributed by atoms with E-state index in [4.69, 9.17) is 9.15 Å². The third-order valence-electron chi connectivity index (χ3n) is 4.75. The van der Waals surface area contributed by atoms with Gasteiger partial charge in [-0.3, -0.25) is 4.79 Å². The van der Waals surface area contributed by atoms with Crippen LogP contribution in [0.25, 0.3) is 32.7 Å². The van der Waals surface area contributed by atoms with Crippen LogP contribution in [0.2, 0.25) is 0 Å². The average Bonchev–Trinajstić information content (AvgIpc) is 3.46. The van der Waals surface area contributed by atoms with Crippen LogP contribution in [0.5, 0.6) is 0 Å². The summed E-state index contributed by atoms with van der Waals surface area (Å²) in [5, 5.41) is 3.33. The number of methoxy groups -OCH3 is 1. The average molecular weight is 421 g/mol. The number of aromatic amines is 1. The molecule has 5 aromatic rings. The Morgan fingerprint density at radius 1 is 1.27 bits per heavy atom. The zero-order valence-electron chi connectivity index (χ0n) is 15.9. The van der Waals surface area contributed by atoms with Crippen LogP contribution in [0, 0.1) is 5.82 Å². The molecule has 0 saturated carbocycles. The molecule has 0 unspecified atom stereocenters. The summed E-state index contributed by atoms with van der Waals surface area (Å²) in [5.41, 5.74) is 2.67. The molecule has 0 aliphatic heterocycles. The molecule has 3 aromatic heterocycles. The number of benzene rings is 2. The van der Waals surface area contributed by atoms with Crippen LogP contribution >= 0.6 is 11.3 Å². The molecule has 6 nitrogen and oxygen atoms in total. The monoisotopic (exact) mass is 421 g/mol. The zero-order chi connectivity index (χ0) is 20.7. The van der Waals surface area contributed by atoms with Gasteiger partial charge in [-0.05, 0) is 42.5 Å². The molecule has 150 valence electrons. The molecule has 0 radical (unpaired) electrons. The Balaban J connectivity index is 1.48. The number of fused-ring (bicyclic) bond motifs is 2. The van der Waals surface area contributed by atoms with Crippen molar-refractivity contribution in [3.8, 4) is 11.6 Å². The number of ether oxygens (including phenoxy) is 1. The first-order valence-electron chi connectivity index (χ1n) is 9.18. The predicted octanol–water partition coefficient (Wildman–Crippen LogP) is 5.58. The van der Waals surface area contributed by atoms with E-state index in [0.29, 0.717) is 37.8 Å². The van der Waals surface area contributed by atoms with Gasteiger partial charge >= 0.3 is 0 Å². The number of hydrogen-bond acceptors (Lipinski definition) is 5. The number of aromatic nitrogens is 2. The van der Waals surface area contributed by atoms with Crippen LogP contribution in [-0.2, 0) is 11.3 Å². The van der Waals surface area contributed by atoms with E-state index in [-0.39, 0.29) is 18.3 Å². The number of imidazole rings is 1. The summed E-state index contributed by atoms with van der Waals surface area (Å²) in [6, 6.07) is 13.8. The van der Waals surface area contributed by atoms with Crippen LogP contribution in [0.1, 0.15) is 15.2 Å². The molecule has 0 spiro atoms. The lowest BCUT2D eigenvalue weighted by Gasteiger charge is -2.06. The number of rotatable bonds is 5. The molecule has 30 heavy (non-hydrogen) atoms. The molecule has 0 aliphatic carbocycles. The highest BCUT2D eigenvalue weighted by Gasteiger charge is 2.21. The van der Waals surface area contributed by atoms with E-state index in [0.717, 1.165) is 11.0 Å². The van der Waals surface area contributed by atoms with Crippen molar-refractivity contribution in [3.63, 3.8) is 0 Å². The van der Waals surface area contributed by atoms with Crippen LogP contribution in [-0.4, -0.2) is 23.0 Å². The molecule has 0 fully saturated rings. The maximum absolute atomic E-state index is 14.4. The molecule has 3 heterocycles. The van der Waals surface area contributed by atoms with Crippen LogP contribution in [0.15, 0.2) is 59.2 Å². The summed E-state index contributed by atoms with van der Waals surface area (Å²) in [4.78, 5) is 21.1. The van der Waals surface area contributed by atoms with Gasteiger partial charge in [0.05, 0.1) is 28.8 Å². The first kappa shape index (κ1) is 18.5. The van der Waals surface area contributed by atoms with Crippen molar-refractivity contribution in [2.24, 2.45) is 0 Å².